The number of thioether (sulfide) groups is 1. The molecule has 2 aromatic rings. The Kier molecular flexibility index (Phi) is 4.62. The van der Waals surface area contributed by atoms with Crippen LogP contribution in [0.3, 0.4) is 0 Å². The minimum Gasteiger partial charge on any atom is -0.300 e. The molecule has 2 rings (SSSR count). The highest BCUT2D eigenvalue weighted by Crippen LogP contribution is 2.25. The second kappa shape index (κ2) is 6.42. The van der Waals surface area contributed by atoms with Gasteiger partial charge in [0.15, 0.2) is 0 Å². The van der Waals surface area contributed by atoms with Crippen LogP contribution in [0.2, 0.25) is 0 Å². The first kappa shape index (κ1) is 14.4. The topological polar surface area (TPSA) is 77.7 Å². The molecule has 7 heteroatoms. The highest BCUT2D eigenvalue weighted by Gasteiger charge is 2.21. The van der Waals surface area contributed by atoms with Crippen molar-refractivity contribution in [2.75, 3.05) is 0 Å². The molecule has 0 radical (unpaired) electrons. The van der Waals surface area contributed by atoms with Gasteiger partial charge in [0, 0.05) is 6.42 Å². The van der Waals surface area contributed by atoms with Crippen molar-refractivity contribution in [3.05, 3.63) is 30.3 Å². The Hall–Kier alpha value is -2.02. The normalized spacial score (nSPS) is 12.1. The number of carbonyl (C=O) groups excluding carboxylic acids is 2. The van der Waals surface area contributed by atoms with E-state index in [1.54, 1.807) is 4.68 Å². The summed E-state index contributed by atoms with van der Waals surface area (Å²) in [6.07, 6.45) is 0.182. The summed E-state index contributed by atoms with van der Waals surface area (Å²) in [5, 5.41) is 11.5. The van der Waals surface area contributed by atoms with Gasteiger partial charge in [-0.15, -0.1) is 5.10 Å². The van der Waals surface area contributed by atoms with Crippen LogP contribution in [0.25, 0.3) is 5.69 Å². The lowest BCUT2D eigenvalue weighted by atomic mass is 10.2. The molecule has 1 atom stereocenters. The smallest absolute Gasteiger partial charge is 0.214 e. The van der Waals surface area contributed by atoms with Crippen LogP contribution >= 0.6 is 11.8 Å². The summed E-state index contributed by atoms with van der Waals surface area (Å²) >= 11 is 1.21. The molecule has 0 saturated carbocycles. The summed E-state index contributed by atoms with van der Waals surface area (Å²) < 4.78 is 1.56. The zero-order valence-electron chi connectivity index (χ0n) is 11.2. The number of Topliss-reactive ketones (excluding diaryl/α,β-unsaturated/α-hetero) is 2. The molecule has 1 aromatic carbocycles. The van der Waals surface area contributed by atoms with E-state index in [0.29, 0.717) is 5.16 Å². The molecule has 1 unspecified atom stereocenters. The third-order valence-electron chi connectivity index (χ3n) is 2.62. The molecule has 0 saturated heterocycles. The van der Waals surface area contributed by atoms with Crippen molar-refractivity contribution < 1.29 is 9.59 Å². The number of hydrogen-bond donors (Lipinski definition) is 0. The zero-order valence-corrected chi connectivity index (χ0v) is 12.0. The third kappa shape index (κ3) is 3.51. The molecule has 0 aliphatic carbocycles. The lowest BCUT2D eigenvalue weighted by Gasteiger charge is -2.11. The number of benzene rings is 1. The Morgan fingerprint density at radius 3 is 2.55 bits per heavy atom. The second-order valence-corrected chi connectivity index (χ2v) is 5.50. The van der Waals surface area contributed by atoms with E-state index in [1.807, 2.05) is 30.3 Å². The Morgan fingerprint density at radius 1 is 1.25 bits per heavy atom. The monoisotopic (exact) mass is 290 g/mol. The van der Waals surface area contributed by atoms with Gasteiger partial charge < -0.3 is 0 Å². The molecule has 1 aromatic heterocycles. The van der Waals surface area contributed by atoms with Crippen LogP contribution in [-0.2, 0) is 9.59 Å². The molecule has 0 amide bonds. The van der Waals surface area contributed by atoms with E-state index >= 15 is 0 Å². The number of hydrogen-bond acceptors (Lipinski definition) is 6. The summed E-state index contributed by atoms with van der Waals surface area (Å²) in [4.78, 5) is 22.8. The van der Waals surface area contributed by atoms with Crippen LogP contribution in [0.5, 0.6) is 0 Å². The Morgan fingerprint density at radius 2 is 1.95 bits per heavy atom. The van der Waals surface area contributed by atoms with Crippen LogP contribution in [0.4, 0.5) is 0 Å². The van der Waals surface area contributed by atoms with Gasteiger partial charge in [0.2, 0.25) is 5.16 Å². The zero-order chi connectivity index (χ0) is 14.5. The number of tetrazole rings is 1. The van der Waals surface area contributed by atoms with E-state index in [0.717, 1.165) is 5.69 Å². The highest BCUT2D eigenvalue weighted by atomic mass is 32.2. The molecule has 0 N–H and O–H groups in total. The van der Waals surface area contributed by atoms with E-state index in [1.165, 1.54) is 25.6 Å². The molecule has 0 fully saturated rings. The molecule has 0 spiro atoms. The standard InChI is InChI=1S/C13H14N4O2S/c1-9(18)8-12(10(2)19)20-13-14-15-16-17(13)11-6-4-3-5-7-11/h3-7,12H,8H2,1-2H3. The highest BCUT2D eigenvalue weighted by molar-refractivity contribution is 8.00. The largest absolute Gasteiger partial charge is 0.300 e. The quantitative estimate of drug-likeness (QED) is 0.753. The summed E-state index contributed by atoms with van der Waals surface area (Å²) in [5.74, 6) is -0.0933. The Balaban J connectivity index is 2.24. The summed E-state index contributed by atoms with van der Waals surface area (Å²) in [6, 6.07) is 9.39. The first-order valence-corrected chi connectivity index (χ1v) is 6.96. The Labute approximate surface area is 120 Å². The van der Waals surface area contributed by atoms with Gasteiger partial charge in [0.25, 0.3) is 0 Å². The van der Waals surface area contributed by atoms with Crippen molar-refractivity contribution in [1.82, 2.24) is 20.2 Å². The fourth-order valence-corrected chi connectivity index (χ4v) is 2.70. The maximum absolute atomic E-state index is 11.6. The fraction of sp³-hybridized carbons (Fsp3) is 0.308. The molecule has 0 bridgehead atoms. The average molecular weight is 290 g/mol. The molecule has 6 nitrogen and oxygen atoms in total. The first-order chi connectivity index (χ1) is 9.58. The third-order valence-corrected chi connectivity index (χ3v) is 3.86. The van der Waals surface area contributed by atoms with E-state index in [4.69, 9.17) is 0 Å². The van der Waals surface area contributed by atoms with E-state index in [9.17, 15) is 9.59 Å². The lowest BCUT2D eigenvalue weighted by Crippen LogP contribution is -2.18. The number of para-hydroxylation sites is 1. The van der Waals surface area contributed by atoms with Gasteiger partial charge in [-0.05, 0) is 36.4 Å². The van der Waals surface area contributed by atoms with Gasteiger partial charge >= 0.3 is 0 Å². The fourth-order valence-electron chi connectivity index (χ4n) is 1.64. The number of nitrogens with zero attached hydrogens (tertiary/aromatic N) is 4. The maximum atomic E-state index is 11.6. The summed E-state index contributed by atoms with van der Waals surface area (Å²) in [6.45, 7) is 2.94. The van der Waals surface area contributed by atoms with Crippen LogP contribution < -0.4 is 0 Å². The molecule has 0 aliphatic rings. The SMILES string of the molecule is CC(=O)CC(Sc1nnnn1-c1ccccc1)C(C)=O. The van der Waals surface area contributed by atoms with Crippen LogP contribution in [0.1, 0.15) is 20.3 Å². The van der Waals surface area contributed by atoms with Crippen molar-refractivity contribution >= 4 is 23.3 Å². The summed E-state index contributed by atoms with van der Waals surface area (Å²) in [7, 11) is 0. The minimum atomic E-state index is -0.457. The van der Waals surface area contributed by atoms with E-state index < -0.39 is 5.25 Å². The van der Waals surface area contributed by atoms with Gasteiger partial charge in [0.05, 0.1) is 10.9 Å². The van der Waals surface area contributed by atoms with Crippen LogP contribution in [0.15, 0.2) is 35.5 Å². The average Bonchev–Trinajstić information content (AvgIpc) is 2.86. The van der Waals surface area contributed by atoms with Crippen LogP contribution in [0, 0.1) is 0 Å². The van der Waals surface area contributed by atoms with Gasteiger partial charge in [-0.1, -0.05) is 30.0 Å². The number of aromatic nitrogens is 4. The van der Waals surface area contributed by atoms with Gasteiger partial charge in [0.1, 0.15) is 11.6 Å². The first-order valence-electron chi connectivity index (χ1n) is 6.08. The lowest BCUT2D eigenvalue weighted by molar-refractivity contribution is -0.121. The number of rotatable bonds is 6. The molecule has 0 aliphatic heterocycles. The van der Waals surface area contributed by atoms with Crippen LogP contribution in [-0.4, -0.2) is 37.0 Å². The Bertz CT molecular complexity index is 612. The molecule has 1 heterocycles. The second-order valence-electron chi connectivity index (χ2n) is 4.33. The molecular formula is C13H14N4O2S. The predicted molar refractivity (Wildman–Crippen MR) is 74.8 cm³/mol. The predicted octanol–water partition coefficient (Wildman–Crippen LogP) is 1.69. The molecular weight excluding hydrogens is 276 g/mol. The van der Waals surface area contributed by atoms with Gasteiger partial charge in [-0.25, -0.2) is 0 Å². The number of ketones is 2. The maximum Gasteiger partial charge on any atom is 0.214 e. The van der Waals surface area contributed by atoms with Crippen molar-refractivity contribution in [2.45, 2.75) is 30.7 Å². The van der Waals surface area contributed by atoms with Gasteiger partial charge in [-0.3, -0.25) is 9.59 Å². The van der Waals surface area contributed by atoms with E-state index in [2.05, 4.69) is 15.5 Å². The molecule has 104 valence electrons. The van der Waals surface area contributed by atoms with E-state index in [-0.39, 0.29) is 18.0 Å². The summed E-state index contributed by atoms with van der Waals surface area (Å²) in [5.41, 5.74) is 0.810. The van der Waals surface area contributed by atoms with Gasteiger partial charge in [-0.2, -0.15) is 4.68 Å². The molecule has 20 heavy (non-hydrogen) atoms. The minimum absolute atomic E-state index is 0.0311. The van der Waals surface area contributed by atoms with Crippen molar-refractivity contribution in [3.8, 4) is 5.69 Å². The number of carbonyl (C=O) groups is 2. The van der Waals surface area contributed by atoms with Crippen molar-refractivity contribution in [3.63, 3.8) is 0 Å². The van der Waals surface area contributed by atoms with Crippen molar-refractivity contribution in [1.29, 1.82) is 0 Å². The van der Waals surface area contributed by atoms with Crippen molar-refractivity contribution in [2.24, 2.45) is 0 Å².